The number of carbonyl (C=O) groups excluding carboxylic acids is 6. The number of benzene rings is 4. The summed E-state index contributed by atoms with van der Waals surface area (Å²) in [5.74, 6) is -3.37. The molecule has 2 aromatic heterocycles. The number of hydrazine groups is 2. The van der Waals surface area contributed by atoms with Gasteiger partial charge in [0.1, 0.15) is 18.3 Å². The summed E-state index contributed by atoms with van der Waals surface area (Å²) in [7, 11) is 0. The smallest absolute Gasteiger partial charge is 0.338 e. The number of fused-ring (bicyclic) bond motifs is 2. The molecule has 0 bridgehead atoms. The minimum Gasteiger partial charge on any atom is -0.456 e. The minimum atomic E-state index is -0.734. The maximum atomic E-state index is 15.1. The van der Waals surface area contributed by atoms with E-state index in [4.69, 9.17) is 27.9 Å². The first kappa shape index (κ1) is 58.8. The Labute approximate surface area is 480 Å². The van der Waals surface area contributed by atoms with Crippen LogP contribution in [0.15, 0.2) is 97.6 Å². The first-order valence-corrected chi connectivity index (χ1v) is 27.3. The molecule has 0 radical (unpaired) electrons. The van der Waals surface area contributed by atoms with Gasteiger partial charge < -0.3 is 14.5 Å². The average Bonchev–Trinajstić information content (AvgIpc) is 4.36. The van der Waals surface area contributed by atoms with E-state index in [9.17, 15) is 28.8 Å². The molecular weight excluding hydrogens is 1100 g/mol. The van der Waals surface area contributed by atoms with E-state index in [1.165, 1.54) is 65.4 Å². The lowest BCUT2D eigenvalue weighted by atomic mass is 9.78. The van der Waals surface area contributed by atoms with Gasteiger partial charge in [0.05, 0.1) is 39.1 Å². The highest BCUT2D eigenvalue weighted by Crippen LogP contribution is 2.35. The fourth-order valence-corrected chi connectivity index (χ4v) is 11.4. The van der Waals surface area contributed by atoms with Crippen LogP contribution in [0.1, 0.15) is 97.4 Å². The number of hydrogen-bond donors (Lipinski definition) is 4. The first-order chi connectivity index (χ1) is 39.2. The molecule has 4 aromatic carbocycles. The third kappa shape index (κ3) is 13.1. The molecule has 8 atom stereocenters. The zero-order chi connectivity index (χ0) is 58.6. The first-order valence-electron chi connectivity index (χ1n) is 26.6. The van der Waals surface area contributed by atoms with E-state index in [0.717, 1.165) is 5.56 Å². The van der Waals surface area contributed by atoms with Gasteiger partial charge in [-0.25, -0.2) is 13.6 Å². The highest BCUT2D eigenvalue weighted by atomic mass is 35.5. The average molecular weight is 1160 g/mol. The van der Waals surface area contributed by atoms with Crippen molar-refractivity contribution in [2.24, 2.45) is 11.8 Å². The van der Waals surface area contributed by atoms with Crippen molar-refractivity contribution in [2.75, 3.05) is 13.1 Å². The Kier molecular flexibility index (Phi) is 18.0. The van der Waals surface area contributed by atoms with Crippen LogP contribution in [0.5, 0.6) is 0 Å². The van der Waals surface area contributed by atoms with Crippen LogP contribution in [0.3, 0.4) is 0 Å². The topological polar surface area (TPSA) is 253 Å². The van der Waals surface area contributed by atoms with E-state index in [1.54, 1.807) is 91.2 Å². The standard InChI is InChI=1S/C30H33ClFN7O4.C27H27ClFN7O3/c1-17-26-22(35-34-17)13-14-38(25(41)12-9-20-23(39-16-33-36-37-39)11-10-21(31)27(20)32)28(26)24(40)15-18-5-7-19(8-6-18)29(42)43-30(2,3)4;1-15-25-21(32-31-15)11-12-35(27(25)23(38)13-17-3-5-18(6-4-17)16(2)37)24(39)10-7-19-22(36-14-30-33-34-36)9-8-20(28)26(19)29/h5-12,16-17,22,26,28,34-35H,13-15H2,1-4H3;3-10,14-15,21,25,27,31-32H,11-13H2,1-2H3/b12-9+;10-7+. The lowest BCUT2D eigenvalue weighted by Gasteiger charge is -2.42. The number of rotatable bonds is 14. The van der Waals surface area contributed by atoms with E-state index in [1.807, 2.05) is 13.8 Å². The van der Waals surface area contributed by atoms with Gasteiger partial charge in [-0.3, -0.25) is 45.7 Å². The van der Waals surface area contributed by atoms with Crippen LogP contribution >= 0.6 is 23.2 Å². The molecule has 4 N–H and O–H groups in total. The van der Waals surface area contributed by atoms with E-state index in [0.29, 0.717) is 54.0 Å². The molecule has 4 saturated heterocycles. The molecule has 2 amide bonds. The van der Waals surface area contributed by atoms with Crippen LogP contribution in [0, 0.1) is 23.5 Å². The van der Waals surface area contributed by atoms with E-state index < -0.39 is 47.1 Å². The monoisotopic (exact) mass is 1160 g/mol. The number of ether oxygens (including phenoxy) is 1. The number of nitrogens with one attached hydrogen (secondary N) is 4. The minimum absolute atomic E-state index is 0.00307. The van der Waals surface area contributed by atoms with Crippen molar-refractivity contribution in [3.63, 3.8) is 0 Å². The van der Waals surface area contributed by atoms with Crippen molar-refractivity contribution >= 4 is 70.5 Å². The Morgan fingerprint density at radius 3 is 1.41 bits per heavy atom. The number of tetrazole rings is 2. The van der Waals surface area contributed by atoms with Crippen LogP contribution < -0.4 is 21.7 Å². The number of halogens is 4. The van der Waals surface area contributed by atoms with Crippen molar-refractivity contribution < 1.29 is 42.3 Å². The van der Waals surface area contributed by atoms with Gasteiger partial charge in [0.15, 0.2) is 29.0 Å². The summed E-state index contributed by atoms with van der Waals surface area (Å²) in [6, 6.07) is 18.0. The number of aromatic nitrogens is 8. The molecule has 21 nitrogen and oxygen atoms in total. The van der Waals surface area contributed by atoms with Crippen LogP contribution in [-0.2, 0) is 36.8 Å². The van der Waals surface area contributed by atoms with E-state index in [-0.39, 0.29) is 87.4 Å². The Balaban J connectivity index is 0.000000198. The zero-order valence-electron chi connectivity index (χ0n) is 45.6. The van der Waals surface area contributed by atoms with Crippen molar-refractivity contribution in [3.05, 3.63) is 153 Å². The summed E-state index contributed by atoms with van der Waals surface area (Å²) in [5.41, 5.74) is 15.4. The molecule has 4 fully saturated rings. The van der Waals surface area contributed by atoms with Crippen LogP contribution in [0.25, 0.3) is 23.5 Å². The number of carbonyl (C=O) groups is 6. The number of piperidine rings is 2. The normalized spacial score (nSPS) is 22.4. The van der Waals surface area contributed by atoms with Gasteiger partial charge in [-0.05, 0) is 135 Å². The molecule has 428 valence electrons. The predicted octanol–water partition coefficient (Wildman–Crippen LogP) is 5.88. The molecule has 82 heavy (non-hydrogen) atoms. The summed E-state index contributed by atoms with van der Waals surface area (Å²) in [5, 5.41) is 21.8. The van der Waals surface area contributed by atoms with Gasteiger partial charge in [-0.1, -0.05) is 59.6 Å². The quantitative estimate of drug-likeness (QED) is 0.0564. The number of Topliss-reactive ketones (excluding diaryl/α,β-unsaturated/α-hetero) is 3. The molecule has 8 unspecified atom stereocenters. The predicted molar refractivity (Wildman–Crippen MR) is 298 cm³/mol. The molecule has 0 saturated carbocycles. The summed E-state index contributed by atoms with van der Waals surface area (Å²) in [6.45, 7) is 11.5. The maximum absolute atomic E-state index is 15.1. The Bertz CT molecular complexity index is 3420. The number of likely N-dealkylation sites (tertiary alicyclic amines) is 2. The molecule has 25 heteroatoms. The Morgan fingerprint density at radius 1 is 0.622 bits per heavy atom. The van der Waals surface area contributed by atoms with Crippen molar-refractivity contribution in [1.29, 1.82) is 0 Å². The number of nitrogens with zero attached hydrogens (tertiary/aromatic N) is 10. The molecule has 6 aromatic rings. The molecule has 0 spiro atoms. The van der Waals surface area contributed by atoms with E-state index in [2.05, 4.69) is 52.8 Å². The Hall–Kier alpha value is -7.80. The summed E-state index contributed by atoms with van der Waals surface area (Å²) < 4.78 is 38.1. The van der Waals surface area contributed by atoms with Gasteiger partial charge in [0, 0.05) is 90.8 Å². The van der Waals surface area contributed by atoms with Gasteiger partial charge >= 0.3 is 5.97 Å². The van der Waals surface area contributed by atoms with Crippen molar-refractivity contribution in [1.82, 2.24) is 71.9 Å². The SMILES string of the molecule is CC(=O)c1ccc(CC(=O)C2C3C(C)NNC3CCN2C(=O)/C=C/c2c(-n3cnnn3)ccc(Cl)c2F)cc1.CC1NNC2CCN(C(=O)/C=C/c3c(-n4cnnn4)ccc(Cl)c3F)C(C(=O)Cc3ccc(C(=O)OC(C)(C)C)cc3)C12. The van der Waals surface area contributed by atoms with Crippen LogP contribution in [-0.4, -0.2) is 140 Å². The largest absolute Gasteiger partial charge is 0.456 e. The lowest BCUT2D eigenvalue weighted by Crippen LogP contribution is -2.58. The maximum Gasteiger partial charge on any atom is 0.338 e. The second-order valence-corrected chi connectivity index (χ2v) is 22.4. The van der Waals surface area contributed by atoms with Gasteiger partial charge in [-0.15, -0.1) is 10.2 Å². The fourth-order valence-electron chi connectivity index (χ4n) is 11.0. The molecule has 4 aliphatic heterocycles. The Morgan fingerprint density at radius 2 is 1.04 bits per heavy atom. The van der Waals surface area contributed by atoms with Gasteiger partial charge in [0.25, 0.3) is 0 Å². The highest BCUT2D eigenvalue weighted by Gasteiger charge is 2.50. The molecule has 10 rings (SSSR count). The summed E-state index contributed by atoms with van der Waals surface area (Å²) in [6.07, 6.45) is 9.26. The third-order valence-corrected chi connectivity index (χ3v) is 15.6. The second kappa shape index (κ2) is 25.1. The molecular formula is C57H60Cl2F2N14O7. The lowest BCUT2D eigenvalue weighted by molar-refractivity contribution is -0.140. The highest BCUT2D eigenvalue weighted by molar-refractivity contribution is 6.31. The van der Waals surface area contributed by atoms with Gasteiger partial charge in [-0.2, -0.15) is 9.36 Å². The summed E-state index contributed by atoms with van der Waals surface area (Å²) in [4.78, 5) is 82.0. The molecule has 6 heterocycles. The summed E-state index contributed by atoms with van der Waals surface area (Å²) >= 11 is 12.1. The zero-order valence-corrected chi connectivity index (χ0v) is 47.1. The number of ketones is 3. The van der Waals surface area contributed by atoms with Gasteiger partial charge in [0.2, 0.25) is 11.8 Å². The third-order valence-electron chi connectivity index (χ3n) is 15.0. The van der Waals surface area contributed by atoms with Crippen LogP contribution in [0.4, 0.5) is 8.78 Å². The fraction of sp³-hybridized carbons (Fsp3) is 0.368. The number of amides is 2. The molecule has 0 aliphatic carbocycles. The number of hydrogen-bond acceptors (Lipinski definition) is 17. The van der Waals surface area contributed by atoms with Crippen molar-refractivity contribution in [2.45, 2.75) is 109 Å². The second-order valence-electron chi connectivity index (χ2n) is 21.6. The van der Waals surface area contributed by atoms with Crippen molar-refractivity contribution in [3.8, 4) is 11.4 Å². The van der Waals surface area contributed by atoms with Crippen LogP contribution in [0.2, 0.25) is 10.0 Å². The van der Waals surface area contributed by atoms with E-state index >= 15 is 8.78 Å². The number of esters is 1. The molecule has 4 aliphatic rings.